The van der Waals surface area contributed by atoms with Crippen molar-refractivity contribution in [2.24, 2.45) is 0 Å². The quantitative estimate of drug-likeness (QED) is 0.716. The Morgan fingerprint density at radius 2 is 2.33 bits per heavy atom. The second-order valence-corrected chi connectivity index (χ2v) is 5.17. The highest BCUT2D eigenvalue weighted by molar-refractivity contribution is 8.05. The molecule has 0 aromatic rings. The number of thioether (sulfide) groups is 1. The third-order valence-electron chi connectivity index (χ3n) is 2.35. The average molecular weight is 265 g/mol. The fourth-order valence-corrected chi connectivity index (χ4v) is 3.30. The Morgan fingerprint density at radius 3 is 2.93 bits per heavy atom. The van der Waals surface area contributed by atoms with E-state index in [0.717, 1.165) is 12.2 Å². The van der Waals surface area contributed by atoms with Crippen LogP contribution in [-0.4, -0.2) is 33.6 Å². The van der Waals surface area contributed by atoms with E-state index >= 15 is 0 Å². The van der Waals surface area contributed by atoms with Gasteiger partial charge in [0.1, 0.15) is 0 Å². The predicted octanol–water partition coefficient (Wildman–Crippen LogP) is 2.34. The number of carbonyl (C=O) groups is 1. The lowest BCUT2D eigenvalue weighted by Gasteiger charge is -2.38. The molecule has 82 valence electrons. The summed E-state index contributed by atoms with van der Waals surface area (Å²) in [7, 11) is 0. The van der Waals surface area contributed by atoms with Crippen LogP contribution in [0, 0.1) is 0 Å². The second kappa shape index (κ2) is 4.28. The number of hydrogen-bond acceptors (Lipinski definition) is 3. The minimum absolute atomic E-state index is 0.0523. The van der Waals surface area contributed by atoms with Crippen LogP contribution < -0.4 is 0 Å². The van der Waals surface area contributed by atoms with Gasteiger partial charge in [-0.25, -0.2) is 0 Å². The second-order valence-electron chi connectivity index (χ2n) is 3.18. The van der Waals surface area contributed by atoms with Crippen molar-refractivity contribution in [3.8, 4) is 0 Å². The molecule has 0 spiro atoms. The number of halogens is 2. The molecule has 0 saturated heterocycles. The van der Waals surface area contributed by atoms with Gasteiger partial charge in [-0.1, -0.05) is 23.4 Å². The molecule has 1 amide bonds. The zero-order valence-electron chi connectivity index (χ0n) is 8.11. The molecule has 1 atom stereocenters. The van der Waals surface area contributed by atoms with E-state index in [0.29, 0.717) is 10.2 Å². The SMILES string of the molecule is CCN1C(CCl)=CC(=O)N2C=C(Cl)SC21. The first-order valence-electron chi connectivity index (χ1n) is 4.56. The number of alkyl halides is 1. The van der Waals surface area contributed by atoms with Gasteiger partial charge in [0.05, 0.1) is 10.2 Å². The van der Waals surface area contributed by atoms with Gasteiger partial charge in [0, 0.05) is 24.5 Å². The van der Waals surface area contributed by atoms with E-state index in [2.05, 4.69) is 4.90 Å². The largest absolute Gasteiger partial charge is 0.344 e. The molecule has 3 nitrogen and oxygen atoms in total. The normalized spacial score (nSPS) is 25.3. The Morgan fingerprint density at radius 1 is 1.60 bits per heavy atom. The van der Waals surface area contributed by atoms with E-state index in [1.54, 1.807) is 17.2 Å². The monoisotopic (exact) mass is 264 g/mol. The first-order valence-corrected chi connectivity index (χ1v) is 6.36. The summed E-state index contributed by atoms with van der Waals surface area (Å²) in [5, 5.41) is 0. The maximum absolute atomic E-state index is 11.7. The van der Waals surface area contributed by atoms with Gasteiger partial charge in [0.2, 0.25) is 0 Å². The molecule has 2 aliphatic heterocycles. The molecule has 0 aromatic heterocycles. The van der Waals surface area contributed by atoms with Crippen LogP contribution in [0.25, 0.3) is 0 Å². The maximum atomic E-state index is 11.7. The summed E-state index contributed by atoms with van der Waals surface area (Å²) in [6.07, 6.45) is 3.24. The highest BCUT2D eigenvalue weighted by atomic mass is 35.5. The molecule has 0 aromatic carbocycles. The number of rotatable bonds is 2. The molecule has 0 radical (unpaired) electrons. The molecule has 2 rings (SSSR count). The summed E-state index contributed by atoms with van der Waals surface area (Å²) in [5.74, 6) is 0.297. The van der Waals surface area contributed by atoms with Crippen LogP contribution in [0.1, 0.15) is 6.92 Å². The van der Waals surface area contributed by atoms with Crippen molar-refractivity contribution in [3.05, 3.63) is 22.3 Å². The van der Waals surface area contributed by atoms with Gasteiger partial charge in [-0.05, 0) is 6.92 Å². The summed E-state index contributed by atoms with van der Waals surface area (Å²) < 4.78 is 0.635. The molecule has 1 unspecified atom stereocenters. The first kappa shape index (κ1) is 11.2. The lowest BCUT2D eigenvalue weighted by atomic mass is 10.3. The van der Waals surface area contributed by atoms with Crippen LogP contribution >= 0.6 is 35.0 Å². The molecule has 0 aliphatic carbocycles. The van der Waals surface area contributed by atoms with Crippen molar-refractivity contribution in [2.45, 2.75) is 12.4 Å². The lowest BCUT2D eigenvalue weighted by Crippen LogP contribution is -2.47. The number of hydrogen-bond donors (Lipinski definition) is 0. The first-order chi connectivity index (χ1) is 7.17. The highest BCUT2D eigenvalue weighted by Crippen LogP contribution is 2.40. The summed E-state index contributed by atoms with van der Waals surface area (Å²) in [5.41, 5.74) is 0.798. The zero-order chi connectivity index (χ0) is 11.0. The van der Waals surface area contributed by atoms with Crippen molar-refractivity contribution >= 4 is 40.9 Å². The van der Waals surface area contributed by atoms with Crippen LogP contribution in [0.4, 0.5) is 0 Å². The smallest absolute Gasteiger partial charge is 0.254 e. The van der Waals surface area contributed by atoms with Gasteiger partial charge >= 0.3 is 0 Å². The number of fused-ring (bicyclic) bond motifs is 1. The summed E-state index contributed by atoms with van der Waals surface area (Å²) in [4.78, 5) is 15.4. The maximum Gasteiger partial charge on any atom is 0.254 e. The molecule has 2 heterocycles. The molecule has 0 bridgehead atoms. The number of allylic oxidation sites excluding steroid dienone is 1. The third kappa shape index (κ3) is 1.86. The van der Waals surface area contributed by atoms with Crippen LogP contribution in [0.15, 0.2) is 22.3 Å². The van der Waals surface area contributed by atoms with Gasteiger partial charge in [-0.3, -0.25) is 9.69 Å². The molecular weight excluding hydrogens is 255 g/mol. The summed E-state index contributed by atoms with van der Waals surface area (Å²) >= 11 is 13.2. The molecule has 15 heavy (non-hydrogen) atoms. The molecular formula is C9H10Cl2N2OS. The van der Waals surface area contributed by atoms with Crippen molar-refractivity contribution in [2.75, 3.05) is 12.4 Å². The number of nitrogens with zero attached hydrogens (tertiary/aromatic N) is 2. The van der Waals surface area contributed by atoms with Gasteiger partial charge < -0.3 is 4.90 Å². The van der Waals surface area contributed by atoms with Crippen molar-refractivity contribution < 1.29 is 4.79 Å². The molecule has 0 fully saturated rings. The summed E-state index contributed by atoms with van der Waals surface area (Å²) in [6, 6.07) is 0. The standard InChI is InChI=1S/C9H10Cl2N2OS/c1-2-12-6(4-10)3-8(14)13-5-7(11)15-9(12)13/h3,5,9H,2,4H2,1H3. The molecule has 2 aliphatic rings. The van der Waals surface area contributed by atoms with E-state index in [1.807, 2.05) is 6.92 Å². The van der Waals surface area contributed by atoms with E-state index in [4.69, 9.17) is 23.2 Å². The highest BCUT2D eigenvalue weighted by Gasteiger charge is 2.37. The van der Waals surface area contributed by atoms with E-state index < -0.39 is 0 Å². The minimum Gasteiger partial charge on any atom is -0.344 e. The molecule has 0 saturated carbocycles. The molecule has 6 heteroatoms. The van der Waals surface area contributed by atoms with Gasteiger partial charge in [-0.2, -0.15) is 0 Å². The zero-order valence-corrected chi connectivity index (χ0v) is 10.4. The van der Waals surface area contributed by atoms with Crippen molar-refractivity contribution in [1.29, 1.82) is 0 Å². The van der Waals surface area contributed by atoms with Crippen LogP contribution in [-0.2, 0) is 4.79 Å². The fraction of sp³-hybridized carbons (Fsp3) is 0.444. The van der Waals surface area contributed by atoms with Gasteiger partial charge in [0.25, 0.3) is 5.91 Å². The number of amides is 1. The Kier molecular flexibility index (Phi) is 3.19. The Labute approximate surface area is 103 Å². The Bertz CT molecular complexity index is 356. The average Bonchev–Trinajstić information content (AvgIpc) is 2.60. The molecule has 0 N–H and O–H groups in total. The van der Waals surface area contributed by atoms with E-state index in [-0.39, 0.29) is 11.4 Å². The minimum atomic E-state index is -0.0613. The Hall–Kier alpha value is -0.320. The Balaban J connectivity index is 2.32. The summed E-state index contributed by atoms with van der Waals surface area (Å²) in [6.45, 7) is 2.83. The van der Waals surface area contributed by atoms with Crippen LogP contribution in [0.2, 0.25) is 0 Å². The third-order valence-corrected chi connectivity index (χ3v) is 4.02. The fourth-order valence-electron chi connectivity index (χ4n) is 1.66. The van der Waals surface area contributed by atoms with Gasteiger partial charge in [-0.15, -0.1) is 11.6 Å². The van der Waals surface area contributed by atoms with Crippen molar-refractivity contribution in [1.82, 2.24) is 9.80 Å². The lowest BCUT2D eigenvalue weighted by molar-refractivity contribution is -0.127. The van der Waals surface area contributed by atoms with E-state index in [9.17, 15) is 4.79 Å². The van der Waals surface area contributed by atoms with Gasteiger partial charge in [0.15, 0.2) is 5.50 Å². The van der Waals surface area contributed by atoms with Crippen molar-refractivity contribution in [3.63, 3.8) is 0 Å². The van der Waals surface area contributed by atoms with E-state index in [1.165, 1.54) is 11.8 Å². The topological polar surface area (TPSA) is 23.6 Å². The van der Waals surface area contributed by atoms with Crippen LogP contribution in [0.3, 0.4) is 0 Å². The van der Waals surface area contributed by atoms with Crippen LogP contribution in [0.5, 0.6) is 0 Å². The predicted molar refractivity (Wildman–Crippen MR) is 63.3 cm³/mol. The number of carbonyl (C=O) groups excluding carboxylic acids is 1.